The lowest BCUT2D eigenvalue weighted by molar-refractivity contribution is 0.168. The predicted octanol–water partition coefficient (Wildman–Crippen LogP) is 5.81. The van der Waals surface area contributed by atoms with E-state index in [-0.39, 0.29) is 5.60 Å². The van der Waals surface area contributed by atoms with Gasteiger partial charge in [-0.05, 0) is 60.9 Å². The molecule has 5 atom stereocenters. The lowest BCUT2D eigenvalue weighted by Crippen LogP contribution is -2.32. The van der Waals surface area contributed by atoms with Crippen LogP contribution in [0.5, 0.6) is 0 Å². The molecule has 2 fully saturated rings. The molecule has 0 aliphatic carbocycles. The van der Waals surface area contributed by atoms with Crippen molar-refractivity contribution in [2.75, 3.05) is 23.9 Å². The van der Waals surface area contributed by atoms with Crippen LogP contribution in [0.4, 0.5) is 0 Å². The van der Waals surface area contributed by atoms with Gasteiger partial charge in [-0.1, -0.05) is 38.3 Å². The molecule has 5 unspecified atom stereocenters. The Balaban J connectivity index is 2.25. The largest absolute Gasteiger partial charge is 0.516 e. The van der Waals surface area contributed by atoms with Crippen molar-refractivity contribution in [3.8, 4) is 0 Å². The Kier molecular flexibility index (Phi) is 6.66. The fourth-order valence-electron chi connectivity index (χ4n) is 4.45. The van der Waals surface area contributed by atoms with Crippen molar-refractivity contribution < 1.29 is 9.84 Å². The number of rotatable bonds is 9. The highest BCUT2D eigenvalue weighted by Gasteiger charge is 2.58. The average molecular weight is 353 g/mol. The maximum Gasteiger partial charge on any atom is 0.0960 e. The summed E-state index contributed by atoms with van der Waals surface area (Å²) in [6, 6.07) is 0. The van der Waals surface area contributed by atoms with Gasteiger partial charge in [-0.15, -0.1) is 6.58 Å². The van der Waals surface area contributed by atoms with Crippen molar-refractivity contribution in [3.63, 3.8) is 0 Å². The van der Waals surface area contributed by atoms with Crippen LogP contribution in [0.25, 0.3) is 0 Å². The Bertz CT molecular complexity index is 492. The van der Waals surface area contributed by atoms with Gasteiger partial charge in [0.05, 0.1) is 18.5 Å². The van der Waals surface area contributed by atoms with E-state index in [1.54, 1.807) is 0 Å². The van der Waals surface area contributed by atoms with Gasteiger partial charge in [0.25, 0.3) is 0 Å². The molecule has 2 heterocycles. The quantitative estimate of drug-likeness (QED) is 0.322. The first-order valence-electron chi connectivity index (χ1n) is 9.45. The second kappa shape index (κ2) is 8.14. The van der Waals surface area contributed by atoms with E-state index in [1.807, 2.05) is 0 Å². The highest BCUT2D eigenvalue weighted by Crippen LogP contribution is 2.64. The van der Waals surface area contributed by atoms with Gasteiger partial charge in [-0.25, -0.2) is 10.0 Å². The third-order valence-electron chi connectivity index (χ3n) is 6.05. The molecule has 138 valence electrons. The fraction of sp³-hybridized carbons (Fsp3) is 0.714. The molecule has 0 aromatic rings. The molecule has 0 radical (unpaired) electrons. The molecule has 1 N–H and O–H groups in total. The summed E-state index contributed by atoms with van der Waals surface area (Å²) in [5.41, 5.74) is 1.25. The van der Waals surface area contributed by atoms with Crippen LogP contribution in [-0.4, -0.2) is 34.6 Å². The van der Waals surface area contributed by atoms with Crippen molar-refractivity contribution in [2.45, 2.75) is 52.6 Å². The van der Waals surface area contributed by atoms with E-state index in [0.29, 0.717) is 17.8 Å². The summed E-state index contributed by atoms with van der Waals surface area (Å²) in [5, 5.41) is 12.1. The molecule has 2 rings (SSSR count). The molecule has 0 aromatic carbocycles. The number of epoxide rings is 1. The summed E-state index contributed by atoms with van der Waals surface area (Å²) in [4.78, 5) is 0. The van der Waals surface area contributed by atoms with Gasteiger partial charge in [0.1, 0.15) is 0 Å². The normalized spacial score (nSPS) is 40.4. The van der Waals surface area contributed by atoms with Crippen molar-refractivity contribution in [2.24, 2.45) is 17.8 Å². The summed E-state index contributed by atoms with van der Waals surface area (Å²) in [7, 11) is -0.690. The molecule has 0 amide bonds. The highest BCUT2D eigenvalue weighted by atomic mass is 32.3. The summed E-state index contributed by atoms with van der Waals surface area (Å²) in [6.45, 7) is 13.8. The smallest absolute Gasteiger partial charge is 0.0960 e. The monoisotopic (exact) mass is 352 g/mol. The average Bonchev–Trinajstić information content (AvgIpc) is 3.27. The standard InChI is InChI=1S/C21H36O2S/c1-6-10-24(9-4)14-19(11-18(8-3)13-22)20(15-24)21(16-23-21)12-17(5)7-2/h6-7,10,13,17,19-20,22H,2,8-9,11-12,14-16H2,1,3-5H3/b10-6+,18-13-. The van der Waals surface area contributed by atoms with E-state index < -0.39 is 10.0 Å². The van der Waals surface area contributed by atoms with E-state index in [2.05, 4.69) is 51.8 Å². The second-order valence-corrected chi connectivity index (χ2v) is 11.4. The summed E-state index contributed by atoms with van der Waals surface area (Å²) in [5.74, 6) is 5.61. The third-order valence-corrected chi connectivity index (χ3v) is 10.2. The van der Waals surface area contributed by atoms with Gasteiger partial charge < -0.3 is 9.84 Å². The van der Waals surface area contributed by atoms with Gasteiger partial charge in [0.15, 0.2) is 0 Å². The molecule has 0 bridgehead atoms. The molecule has 0 spiro atoms. The second-order valence-electron chi connectivity index (χ2n) is 7.69. The minimum absolute atomic E-state index is 0.0675. The lowest BCUT2D eigenvalue weighted by Gasteiger charge is -2.32. The van der Waals surface area contributed by atoms with Crippen LogP contribution in [0, 0.1) is 17.8 Å². The van der Waals surface area contributed by atoms with E-state index in [1.165, 1.54) is 29.1 Å². The lowest BCUT2D eigenvalue weighted by atomic mass is 9.77. The van der Waals surface area contributed by atoms with Crippen LogP contribution in [0.2, 0.25) is 0 Å². The minimum Gasteiger partial charge on any atom is -0.516 e. The molecule has 0 aromatic heterocycles. The molecule has 3 heteroatoms. The highest BCUT2D eigenvalue weighted by molar-refractivity contribution is 8.36. The van der Waals surface area contributed by atoms with Crippen LogP contribution in [0.1, 0.15) is 47.0 Å². The van der Waals surface area contributed by atoms with E-state index in [0.717, 1.165) is 25.9 Å². The molecule has 0 saturated carbocycles. The van der Waals surface area contributed by atoms with Crippen LogP contribution in [0.15, 0.2) is 36.0 Å². The predicted molar refractivity (Wildman–Crippen MR) is 108 cm³/mol. The van der Waals surface area contributed by atoms with Crippen molar-refractivity contribution >= 4 is 10.0 Å². The molecule has 2 aliphatic heterocycles. The number of aliphatic hydroxyl groups is 1. The Morgan fingerprint density at radius 2 is 2.12 bits per heavy atom. The zero-order chi connectivity index (χ0) is 17.8. The van der Waals surface area contributed by atoms with E-state index in [9.17, 15) is 5.11 Å². The molecular formula is C21H36O2S. The van der Waals surface area contributed by atoms with Gasteiger partial charge in [-0.3, -0.25) is 0 Å². The van der Waals surface area contributed by atoms with Gasteiger partial charge in [0, 0.05) is 5.92 Å². The number of hydrogen-bond acceptors (Lipinski definition) is 2. The molecule has 2 aliphatic rings. The maximum absolute atomic E-state index is 9.55. The summed E-state index contributed by atoms with van der Waals surface area (Å²) in [6.07, 6.45) is 8.72. The molecule has 2 saturated heterocycles. The fourth-order valence-corrected chi connectivity index (χ4v) is 8.54. The van der Waals surface area contributed by atoms with Crippen LogP contribution >= 0.6 is 10.0 Å². The van der Waals surface area contributed by atoms with Gasteiger partial charge in [-0.2, -0.15) is 0 Å². The Labute approximate surface area is 150 Å². The Morgan fingerprint density at radius 1 is 1.42 bits per heavy atom. The number of aliphatic hydroxyl groups excluding tert-OH is 1. The van der Waals surface area contributed by atoms with Crippen molar-refractivity contribution in [1.29, 1.82) is 0 Å². The van der Waals surface area contributed by atoms with Crippen molar-refractivity contribution in [3.05, 3.63) is 36.0 Å². The summed E-state index contributed by atoms with van der Waals surface area (Å²) < 4.78 is 6.11. The molecule has 2 nitrogen and oxygen atoms in total. The zero-order valence-electron chi connectivity index (χ0n) is 16.0. The number of ether oxygens (including phenoxy) is 1. The first-order valence-corrected chi connectivity index (χ1v) is 11.7. The SMILES string of the molecule is C=CC(C)CC1(C2CS(/C=C/C)(CC)CC2C/C(=C\O)CC)CO1. The first kappa shape index (κ1) is 19.7. The van der Waals surface area contributed by atoms with Crippen LogP contribution < -0.4 is 0 Å². The van der Waals surface area contributed by atoms with Gasteiger partial charge in [0.2, 0.25) is 0 Å². The first-order chi connectivity index (χ1) is 11.5. The Morgan fingerprint density at radius 3 is 2.58 bits per heavy atom. The minimum atomic E-state index is -0.690. The maximum atomic E-state index is 9.55. The molecular weight excluding hydrogens is 316 g/mol. The Hall–Kier alpha value is -0.670. The van der Waals surface area contributed by atoms with E-state index >= 15 is 0 Å². The van der Waals surface area contributed by atoms with Crippen LogP contribution in [-0.2, 0) is 4.74 Å². The zero-order valence-corrected chi connectivity index (χ0v) is 16.8. The van der Waals surface area contributed by atoms with Crippen molar-refractivity contribution in [1.82, 2.24) is 0 Å². The summed E-state index contributed by atoms with van der Waals surface area (Å²) >= 11 is 0. The van der Waals surface area contributed by atoms with E-state index in [4.69, 9.17) is 4.74 Å². The van der Waals surface area contributed by atoms with Gasteiger partial charge >= 0.3 is 0 Å². The van der Waals surface area contributed by atoms with Crippen LogP contribution in [0.3, 0.4) is 0 Å². The topological polar surface area (TPSA) is 32.8 Å². The third kappa shape index (κ3) is 4.11. The number of hydrogen-bond donors (Lipinski definition) is 1. The molecule has 24 heavy (non-hydrogen) atoms. The number of allylic oxidation sites excluding steroid dienone is 3.